The molecule has 0 saturated carbocycles. The van der Waals surface area contributed by atoms with E-state index in [0.717, 1.165) is 5.56 Å². The second-order valence-corrected chi connectivity index (χ2v) is 7.40. The molecule has 0 aliphatic rings. The van der Waals surface area contributed by atoms with Crippen molar-refractivity contribution in [1.29, 1.82) is 0 Å². The largest absolute Gasteiger partial charge is 0.456 e. The summed E-state index contributed by atoms with van der Waals surface area (Å²) in [6.45, 7) is 5.30. The number of hydrogen-bond acceptors (Lipinski definition) is 5. The van der Waals surface area contributed by atoms with Gasteiger partial charge in [-0.1, -0.05) is 29.8 Å². The number of amides is 1. The van der Waals surface area contributed by atoms with Gasteiger partial charge >= 0.3 is 5.97 Å². The Morgan fingerprint density at radius 1 is 1.10 bits per heavy atom. The average Bonchev–Trinajstić information content (AvgIpc) is 2.71. The molecule has 30 heavy (non-hydrogen) atoms. The second kappa shape index (κ2) is 9.35. The van der Waals surface area contributed by atoms with Crippen LogP contribution in [0.1, 0.15) is 31.7 Å². The van der Waals surface area contributed by atoms with Crippen LogP contribution in [0.5, 0.6) is 0 Å². The van der Waals surface area contributed by atoms with Gasteiger partial charge < -0.3 is 10.1 Å². The number of carbonyl (C=O) groups is 2. The zero-order valence-electron chi connectivity index (χ0n) is 17.3. The minimum absolute atomic E-state index is 0.00556. The molecular formula is C23H25N3O4. The lowest BCUT2D eigenvalue weighted by Gasteiger charge is -2.14. The zero-order valence-corrected chi connectivity index (χ0v) is 17.3. The lowest BCUT2D eigenvalue weighted by atomic mass is 10.2. The Morgan fingerprint density at radius 2 is 1.80 bits per heavy atom. The quantitative estimate of drug-likeness (QED) is 0.608. The molecule has 3 rings (SSSR count). The standard InChI is InChI=1S/C23H25N3O4/c1-15(2)24-21(27)14-30-22(28)13-12-20-25-19-7-5-4-6-18(19)23(29)26(20)17-10-8-16(3)9-11-17/h4-11,15H,12-14H2,1-3H3,(H,24,27). The third kappa shape index (κ3) is 5.11. The lowest BCUT2D eigenvalue weighted by molar-refractivity contribution is -0.148. The number of hydrogen-bond donors (Lipinski definition) is 1. The Balaban J connectivity index is 1.84. The predicted octanol–water partition coefficient (Wildman–Crippen LogP) is 2.69. The van der Waals surface area contributed by atoms with Crippen LogP contribution in [0.15, 0.2) is 53.3 Å². The summed E-state index contributed by atoms with van der Waals surface area (Å²) >= 11 is 0. The fourth-order valence-corrected chi connectivity index (χ4v) is 3.10. The molecule has 1 N–H and O–H groups in total. The Hall–Kier alpha value is -3.48. The van der Waals surface area contributed by atoms with E-state index < -0.39 is 5.97 Å². The molecule has 7 heteroatoms. The van der Waals surface area contributed by atoms with Crippen LogP contribution in [0, 0.1) is 6.92 Å². The highest BCUT2D eigenvalue weighted by Crippen LogP contribution is 2.15. The third-order valence-electron chi connectivity index (χ3n) is 4.50. The molecule has 0 saturated heterocycles. The first-order chi connectivity index (χ1) is 14.3. The monoisotopic (exact) mass is 407 g/mol. The van der Waals surface area contributed by atoms with Gasteiger partial charge in [0.05, 0.1) is 23.0 Å². The number of esters is 1. The highest BCUT2D eigenvalue weighted by atomic mass is 16.5. The summed E-state index contributed by atoms with van der Waals surface area (Å²) in [5.41, 5.74) is 2.14. The summed E-state index contributed by atoms with van der Waals surface area (Å²) < 4.78 is 6.57. The summed E-state index contributed by atoms with van der Waals surface area (Å²) in [5, 5.41) is 3.17. The number of fused-ring (bicyclic) bond motifs is 1. The van der Waals surface area contributed by atoms with Crippen LogP contribution in [0.2, 0.25) is 0 Å². The topological polar surface area (TPSA) is 90.3 Å². The van der Waals surface area contributed by atoms with Gasteiger partial charge in [0.25, 0.3) is 11.5 Å². The average molecular weight is 407 g/mol. The van der Waals surface area contributed by atoms with Gasteiger partial charge in [0.2, 0.25) is 0 Å². The number of nitrogens with zero attached hydrogens (tertiary/aromatic N) is 2. The highest BCUT2D eigenvalue weighted by Gasteiger charge is 2.15. The molecule has 0 bridgehead atoms. The van der Waals surface area contributed by atoms with E-state index in [1.165, 1.54) is 4.57 Å². The molecule has 0 radical (unpaired) electrons. The van der Waals surface area contributed by atoms with Crippen molar-refractivity contribution >= 4 is 22.8 Å². The molecule has 0 atom stereocenters. The van der Waals surface area contributed by atoms with Crippen molar-refractivity contribution in [2.75, 3.05) is 6.61 Å². The van der Waals surface area contributed by atoms with Gasteiger partial charge in [-0.05, 0) is 45.0 Å². The first-order valence-electron chi connectivity index (χ1n) is 9.88. The van der Waals surface area contributed by atoms with Gasteiger partial charge in [0.15, 0.2) is 6.61 Å². The van der Waals surface area contributed by atoms with Crippen LogP contribution in [-0.2, 0) is 20.7 Å². The maximum atomic E-state index is 13.2. The first kappa shape index (κ1) is 21.2. The molecule has 2 aromatic carbocycles. The fourth-order valence-electron chi connectivity index (χ4n) is 3.10. The van der Waals surface area contributed by atoms with Crippen LogP contribution in [0.4, 0.5) is 0 Å². The Kier molecular flexibility index (Phi) is 6.61. The highest BCUT2D eigenvalue weighted by molar-refractivity contribution is 5.81. The second-order valence-electron chi connectivity index (χ2n) is 7.40. The smallest absolute Gasteiger partial charge is 0.306 e. The van der Waals surface area contributed by atoms with Gasteiger partial charge in [-0.15, -0.1) is 0 Å². The minimum Gasteiger partial charge on any atom is -0.456 e. The molecule has 0 spiro atoms. The van der Waals surface area contributed by atoms with Gasteiger partial charge in [0.1, 0.15) is 5.82 Å². The summed E-state index contributed by atoms with van der Waals surface area (Å²) in [6, 6.07) is 14.6. The van der Waals surface area contributed by atoms with Crippen LogP contribution in [0.25, 0.3) is 16.6 Å². The van der Waals surface area contributed by atoms with E-state index in [0.29, 0.717) is 22.4 Å². The summed E-state index contributed by atoms with van der Waals surface area (Å²) in [5.74, 6) is -0.406. The molecule has 156 valence electrons. The normalized spacial score (nSPS) is 10.9. The summed E-state index contributed by atoms with van der Waals surface area (Å²) in [7, 11) is 0. The van der Waals surface area contributed by atoms with Crippen molar-refractivity contribution in [3.8, 4) is 5.69 Å². The Bertz CT molecular complexity index is 1120. The Labute approximate surface area is 174 Å². The van der Waals surface area contributed by atoms with Crippen molar-refractivity contribution < 1.29 is 14.3 Å². The number of benzene rings is 2. The first-order valence-corrected chi connectivity index (χ1v) is 9.88. The number of aromatic nitrogens is 2. The number of para-hydroxylation sites is 1. The third-order valence-corrected chi connectivity index (χ3v) is 4.50. The molecule has 0 fully saturated rings. The number of rotatable bonds is 7. The van der Waals surface area contributed by atoms with Crippen LogP contribution >= 0.6 is 0 Å². The molecule has 0 unspecified atom stereocenters. The van der Waals surface area contributed by atoms with Gasteiger partial charge in [0, 0.05) is 12.5 Å². The van der Waals surface area contributed by atoms with Gasteiger partial charge in [-0.3, -0.25) is 19.0 Å². The van der Waals surface area contributed by atoms with E-state index in [1.54, 1.807) is 18.2 Å². The molecule has 3 aromatic rings. The predicted molar refractivity (Wildman–Crippen MR) is 115 cm³/mol. The number of nitrogens with one attached hydrogen (secondary N) is 1. The van der Waals surface area contributed by atoms with E-state index in [-0.39, 0.29) is 37.0 Å². The van der Waals surface area contributed by atoms with Crippen molar-refractivity contribution in [2.24, 2.45) is 0 Å². The molecule has 1 aromatic heterocycles. The minimum atomic E-state index is -0.522. The summed E-state index contributed by atoms with van der Waals surface area (Å²) in [6.07, 6.45) is 0.212. The summed E-state index contributed by atoms with van der Waals surface area (Å²) in [4.78, 5) is 41.5. The van der Waals surface area contributed by atoms with E-state index in [1.807, 2.05) is 51.1 Å². The van der Waals surface area contributed by atoms with Crippen molar-refractivity contribution in [2.45, 2.75) is 39.7 Å². The van der Waals surface area contributed by atoms with E-state index in [2.05, 4.69) is 10.3 Å². The van der Waals surface area contributed by atoms with Crippen LogP contribution in [-0.4, -0.2) is 34.1 Å². The molecule has 0 aliphatic carbocycles. The molecular weight excluding hydrogens is 382 g/mol. The van der Waals surface area contributed by atoms with E-state index in [4.69, 9.17) is 4.74 Å². The molecule has 1 amide bonds. The lowest BCUT2D eigenvalue weighted by Crippen LogP contribution is -2.34. The van der Waals surface area contributed by atoms with Crippen LogP contribution < -0.4 is 10.9 Å². The number of carbonyl (C=O) groups excluding carboxylic acids is 2. The fraction of sp³-hybridized carbons (Fsp3) is 0.304. The maximum Gasteiger partial charge on any atom is 0.306 e. The van der Waals surface area contributed by atoms with Crippen molar-refractivity contribution in [1.82, 2.24) is 14.9 Å². The molecule has 1 heterocycles. The van der Waals surface area contributed by atoms with Gasteiger partial charge in [-0.2, -0.15) is 0 Å². The number of ether oxygens (including phenoxy) is 1. The van der Waals surface area contributed by atoms with Crippen LogP contribution in [0.3, 0.4) is 0 Å². The van der Waals surface area contributed by atoms with E-state index in [9.17, 15) is 14.4 Å². The molecule has 0 aliphatic heterocycles. The number of aryl methyl sites for hydroxylation is 2. The molecule has 7 nitrogen and oxygen atoms in total. The zero-order chi connectivity index (χ0) is 21.7. The maximum absolute atomic E-state index is 13.2. The van der Waals surface area contributed by atoms with Gasteiger partial charge in [-0.25, -0.2) is 4.98 Å². The van der Waals surface area contributed by atoms with E-state index >= 15 is 0 Å². The SMILES string of the molecule is Cc1ccc(-n2c(CCC(=O)OCC(=O)NC(C)C)nc3ccccc3c2=O)cc1. The Morgan fingerprint density at radius 3 is 2.50 bits per heavy atom. The van der Waals surface area contributed by atoms with Crippen molar-refractivity contribution in [3.63, 3.8) is 0 Å². The van der Waals surface area contributed by atoms with Crippen molar-refractivity contribution in [3.05, 3.63) is 70.3 Å².